The van der Waals surface area contributed by atoms with E-state index in [1.54, 1.807) is 26.0 Å². The van der Waals surface area contributed by atoms with Crippen LogP contribution in [-0.2, 0) is 14.3 Å². The van der Waals surface area contributed by atoms with Gasteiger partial charge in [-0.1, -0.05) is 23.2 Å². The van der Waals surface area contributed by atoms with Crippen molar-refractivity contribution in [3.63, 3.8) is 0 Å². The molecule has 8 nitrogen and oxygen atoms in total. The number of hydrogen-bond acceptors (Lipinski definition) is 5. The molecule has 2 heterocycles. The number of amides is 2. The molecule has 0 aliphatic carbocycles. The number of carbonyl (C=O) groups excluding carboxylic acids is 2. The van der Waals surface area contributed by atoms with Crippen LogP contribution in [0.3, 0.4) is 0 Å². The molecule has 0 aromatic heterocycles. The van der Waals surface area contributed by atoms with Gasteiger partial charge in [0, 0.05) is 12.1 Å². The number of benzene rings is 1. The molecule has 30 heavy (non-hydrogen) atoms. The van der Waals surface area contributed by atoms with Gasteiger partial charge in [-0.2, -0.15) is 0 Å². The summed E-state index contributed by atoms with van der Waals surface area (Å²) in [6, 6.07) is 1.64. The maximum atomic E-state index is 13.2. The van der Waals surface area contributed by atoms with Crippen molar-refractivity contribution in [2.24, 2.45) is 0 Å². The van der Waals surface area contributed by atoms with E-state index in [0.29, 0.717) is 40.5 Å². The fourth-order valence-electron chi connectivity index (χ4n) is 4.31. The molecule has 164 valence electrons. The topological polar surface area (TPSA) is 96.4 Å². The highest BCUT2D eigenvalue weighted by atomic mass is 35.5. The van der Waals surface area contributed by atoms with Crippen LogP contribution >= 0.6 is 23.2 Å². The number of halogens is 2. The molecular weight excluding hydrogens is 435 g/mol. The van der Waals surface area contributed by atoms with E-state index in [9.17, 15) is 19.5 Å². The number of methoxy groups -OCH3 is 1. The number of ether oxygens (including phenoxy) is 2. The fraction of sp³-hybridized carbons (Fsp3) is 0.550. The first kappa shape index (κ1) is 22.7. The van der Waals surface area contributed by atoms with E-state index in [0.717, 1.165) is 4.90 Å². The molecule has 3 atom stereocenters. The summed E-state index contributed by atoms with van der Waals surface area (Å²) in [6.07, 6.45) is 0.316. The molecule has 0 radical (unpaired) electrons. The molecule has 1 N–H and O–H groups in total. The number of aldehydes is 1. The van der Waals surface area contributed by atoms with Gasteiger partial charge in [0.1, 0.15) is 23.8 Å². The van der Waals surface area contributed by atoms with Crippen LogP contribution < -0.4 is 4.74 Å². The maximum absolute atomic E-state index is 13.2. The Morgan fingerprint density at radius 1 is 1.33 bits per heavy atom. The lowest BCUT2D eigenvalue weighted by atomic mass is 9.84. The van der Waals surface area contributed by atoms with Gasteiger partial charge in [-0.05, 0) is 44.7 Å². The highest BCUT2D eigenvalue weighted by Crippen LogP contribution is 2.43. The molecule has 2 unspecified atom stereocenters. The number of hydrogen-bond donors (Lipinski definition) is 1. The highest BCUT2D eigenvalue weighted by Gasteiger charge is 2.50. The number of carboxylic acid groups (broad SMARTS) is 1. The highest BCUT2D eigenvalue weighted by molar-refractivity contribution is 6.42. The summed E-state index contributed by atoms with van der Waals surface area (Å²) in [7, 11) is 1.53. The normalized spacial score (nSPS) is 25.8. The van der Waals surface area contributed by atoms with E-state index < -0.39 is 29.8 Å². The third-order valence-corrected chi connectivity index (χ3v) is 6.60. The van der Waals surface area contributed by atoms with E-state index in [2.05, 4.69) is 0 Å². The van der Waals surface area contributed by atoms with Gasteiger partial charge in [0.15, 0.2) is 0 Å². The van der Waals surface area contributed by atoms with Crippen molar-refractivity contribution in [2.45, 2.75) is 50.4 Å². The summed E-state index contributed by atoms with van der Waals surface area (Å²) in [4.78, 5) is 39.2. The smallest absolute Gasteiger partial charge is 0.410 e. The molecule has 0 bridgehead atoms. The van der Waals surface area contributed by atoms with Gasteiger partial charge in [-0.3, -0.25) is 9.69 Å². The van der Waals surface area contributed by atoms with Gasteiger partial charge in [-0.25, -0.2) is 4.79 Å². The van der Waals surface area contributed by atoms with Crippen LogP contribution in [-0.4, -0.2) is 71.3 Å². The summed E-state index contributed by atoms with van der Waals surface area (Å²) >= 11 is 12.6. The lowest BCUT2D eigenvalue weighted by Gasteiger charge is -2.40. The third-order valence-electron chi connectivity index (χ3n) is 5.78. The predicted molar refractivity (Wildman–Crippen MR) is 110 cm³/mol. The van der Waals surface area contributed by atoms with Crippen molar-refractivity contribution in [3.8, 4) is 5.75 Å². The number of likely N-dealkylation sites (tertiary alicyclic amines) is 1. The zero-order valence-corrected chi connectivity index (χ0v) is 18.4. The van der Waals surface area contributed by atoms with E-state index in [4.69, 9.17) is 32.7 Å². The molecule has 3 rings (SSSR count). The minimum atomic E-state index is -1.25. The summed E-state index contributed by atoms with van der Waals surface area (Å²) < 4.78 is 10.9. The van der Waals surface area contributed by atoms with Gasteiger partial charge in [0.05, 0.1) is 29.8 Å². The molecule has 1 aromatic rings. The fourth-order valence-corrected chi connectivity index (χ4v) is 4.78. The second-order valence-corrected chi connectivity index (χ2v) is 8.64. The average Bonchev–Trinajstić information content (AvgIpc) is 3.04. The minimum Gasteiger partial charge on any atom is -0.496 e. The molecule has 2 amide bonds. The van der Waals surface area contributed by atoms with Gasteiger partial charge < -0.3 is 24.3 Å². The summed E-state index contributed by atoms with van der Waals surface area (Å²) in [5.74, 6) is -0.0123. The molecular formula is C20H24Cl2N2O6. The summed E-state index contributed by atoms with van der Waals surface area (Å²) in [5, 5.41) is 10.3. The summed E-state index contributed by atoms with van der Waals surface area (Å²) in [5.41, 5.74) is -0.411. The first-order chi connectivity index (χ1) is 14.1. The first-order valence-corrected chi connectivity index (χ1v) is 10.3. The molecule has 2 aliphatic rings. The van der Waals surface area contributed by atoms with Crippen molar-refractivity contribution in [2.75, 3.05) is 20.3 Å². The second-order valence-electron chi connectivity index (χ2n) is 7.86. The first-order valence-electron chi connectivity index (χ1n) is 9.56. The standard InChI is InChI=1S/C20H24Cl2N2O6/c1-20(2)24(19(27)28)14(10-30-20)18(26)23-7-6-11(8-12(23)9-25)16-15(29-3)5-4-13(21)17(16)22/h4-5,9,11-12,14H,6-8,10H2,1-3H3,(H,27,28)/t11?,12?,14-/m1/s1. The molecule has 0 spiro atoms. The van der Waals surface area contributed by atoms with E-state index in [-0.39, 0.29) is 19.1 Å². The molecule has 0 saturated carbocycles. The van der Waals surface area contributed by atoms with Crippen LogP contribution in [0.5, 0.6) is 5.75 Å². The van der Waals surface area contributed by atoms with Crippen LogP contribution in [0.15, 0.2) is 12.1 Å². The lowest BCUT2D eigenvalue weighted by molar-refractivity contribution is -0.142. The van der Waals surface area contributed by atoms with Crippen LogP contribution in [0.1, 0.15) is 38.2 Å². The zero-order chi connectivity index (χ0) is 22.2. The van der Waals surface area contributed by atoms with Crippen molar-refractivity contribution < 1.29 is 29.0 Å². The van der Waals surface area contributed by atoms with E-state index >= 15 is 0 Å². The van der Waals surface area contributed by atoms with Crippen LogP contribution in [0.25, 0.3) is 0 Å². The largest absolute Gasteiger partial charge is 0.496 e. The zero-order valence-electron chi connectivity index (χ0n) is 16.9. The van der Waals surface area contributed by atoms with Crippen molar-refractivity contribution in [3.05, 3.63) is 27.7 Å². The Labute approximate surface area is 184 Å². The molecule has 2 fully saturated rings. The van der Waals surface area contributed by atoms with Crippen LogP contribution in [0.4, 0.5) is 4.79 Å². The number of carbonyl (C=O) groups is 3. The van der Waals surface area contributed by atoms with Gasteiger partial charge in [0.2, 0.25) is 5.91 Å². The Hall–Kier alpha value is -2.03. The Bertz CT molecular complexity index is 862. The molecule has 10 heteroatoms. The quantitative estimate of drug-likeness (QED) is 0.694. The maximum Gasteiger partial charge on any atom is 0.410 e. The van der Waals surface area contributed by atoms with Crippen molar-refractivity contribution in [1.82, 2.24) is 9.80 Å². The second kappa shape index (κ2) is 8.61. The van der Waals surface area contributed by atoms with Crippen LogP contribution in [0, 0.1) is 0 Å². The Morgan fingerprint density at radius 2 is 2.03 bits per heavy atom. The SMILES string of the molecule is COc1ccc(Cl)c(Cl)c1C1CCN(C(=O)[C@H]2COC(C)(C)N2C(=O)O)C(C=O)C1. The molecule has 2 saturated heterocycles. The molecule has 1 aromatic carbocycles. The monoisotopic (exact) mass is 458 g/mol. The molecule has 2 aliphatic heterocycles. The lowest BCUT2D eigenvalue weighted by Crippen LogP contribution is -2.57. The summed E-state index contributed by atoms with van der Waals surface area (Å²) in [6.45, 7) is 3.39. The van der Waals surface area contributed by atoms with Gasteiger partial charge >= 0.3 is 6.09 Å². The van der Waals surface area contributed by atoms with Crippen molar-refractivity contribution >= 4 is 41.5 Å². The number of nitrogens with zero attached hydrogens (tertiary/aromatic N) is 2. The van der Waals surface area contributed by atoms with E-state index in [1.807, 2.05) is 0 Å². The number of piperidine rings is 1. The third kappa shape index (κ3) is 3.96. The van der Waals surface area contributed by atoms with Gasteiger partial charge in [-0.15, -0.1) is 0 Å². The Balaban J connectivity index is 1.84. The van der Waals surface area contributed by atoms with Crippen molar-refractivity contribution in [1.29, 1.82) is 0 Å². The number of rotatable bonds is 4. The Morgan fingerprint density at radius 3 is 2.63 bits per heavy atom. The Kier molecular flexibility index (Phi) is 6.50. The van der Waals surface area contributed by atoms with Crippen LogP contribution in [0.2, 0.25) is 10.0 Å². The minimum absolute atomic E-state index is 0.0580. The predicted octanol–water partition coefficient (Wildman–Crippen LogP) is 3.39. The van der Waals surface area contributed by atoms with Gasteiger partial charge in [0.25, 0.3) is 0 Å². The van der Waals surface area contributed by atoms with E-state index in [1.165, 1.54) is 12.0 Å². The average molecular weight is 459 g/mol.